The predicted molar refractivity (Wildman–Crippen MR) is 122 cm³/mol. The molecule has 0 saturated carbocycles. The van der Waals surface area contributed by atoms with E-state index in [1.54, 1.807) is 43.3 Å². The van der Waals surface area contributed by atoms with E-state index in [9.17, 15) is 9.59 Å². The number of hydrogen-bond acceptors (Lipinski definition) is 6. The number of para-hydroxylation sites is 1. The summed E-state index contributed by atoms with van der Waals surface area (Å²) in [6.45, 7) is 8.57. The zero-order valence-electron chi connectivity index (χ0n) is 17.9. The van der Waals surface area contributed by atoms with Crippen molar-refractivity contribution in [2.75, 3.05) is 56.2 Å². The second kappa shape index (κ2) is 11.0. The van der Waals surface area contributed by atoms with Gasteiger partial charge < -0.3 is 24.6 Å². The molecule has 1 fully saturated rings. The number of benzene rings is 2. The van der Waals surface area contributed by atoms with E-state index in [1.807, 2.05) is 6.07 Å². The summed E-state index contributed by atoms with van der Waals surface area (Å²) >= 11 is 6.08. The molecule has 0 bridgehead atoms. The van der Waals surface area contributed by atoms with Gasteiger partial charge in [0.05, 0.1) is 28.6 Å². The quantitative estimate of drug-likeness (QED) is 0.625. The number of amides is 1. The maximum absolute atomic E-state index is 12.6. The van der Waals surface area contributed by atoms with Crippen LogP contribution in [0, 0.1) is 0 Å². The Bertz CT molecular complexity index is 913. The van der Waals surface area contributed by atoms with Crippen molar-refractivity contribution in [1.82, 2.24) is 4.90 Å². The molecule has 7 nitrogen and oxygen atoms in total. The highest BCUT2D eigenvalue weighted by Crippen LogP contribution is 2.29. The Hall–Kier alpha value is -2.77. The molecule has 2 aromatic carbocycles. The predicted octanol–water partition coefficient (Wildman–Crippen LogP) is 3.68. The average molecular weight is 446 g/mol. The molecule has 1 heterocycles. The number of rotatable bonds is 8. The van der Waals surface area contributed by atoms with Crippen molar-refractivity contribution < 1.29 is 19.1 Å². The first kappa shape index (κ1) is 22.9. The van der Waals surface area contributed by atoms with E-state index in [0.29, 0.717) is 22.0 Å². The second-order valence-electron chi connectivity index (χ2n) is 7.14. The summed E-state index contributed by atoms with van der Waals surface area (Å²) in [4.78, 5) is 29.4. The van der Waals surface area contributed by atoms with Crippen LogP contribution in [0.15, 0.2) is 42.5 Å². The molecule has 31 heavy (non-hydrogen) atoms. The van der Waals surface area contributed by atoms with Crippen LogP contribution >= 0.6 is 11.6 Å². The average Bonchev–Trinajstić information content (AvgIpc) is 2.79. The van der Waals surface area contributed by atoms with Crippen molar-refractivity contribution in [2.45, 2.75) is 13.8 Å². The van der Waals surface area contributed by atoms with E-state index in [2.05, 4.69) is 22.0 Å². The van der Waals surface area contributed by atoms with Gasteiger partial charge in [-0.15, -0.1) is 0 Å². The molecule has 1 aliphatic rings. The molecule has 1 N–H and O–H groups in total. The molecule has 0 aliphatic carbocycles. The van der Waals surface area contributed by atoms with E-state index < -0.39 is 5.97 Å². The molecule has 0 radical (unpaired) electrons. The lowest BCUT2D eigenvalue weighted by atomic mass is 10.1. The van der Waals surface area contributed by atoms with Gasteiger partial charge >= 0.3 is 5.97 Å². The van der Waals surface area contributed by atoms with Crippen molar-refractivity contribution >= 4 is 34.9 Å². The lowest BCUT2D eigenvalue weighted by Gasteiger charge is -2.36. The van der Waals surface area contributed by atoms with E-state index in [1.165, 1.54) is 0 Å². The summed E-state index contributed by atoms with van der Waals surface area (Å²) in [6, 6.07) is 12.2. The SMILES string of the molecule is CCOC(=O)c1ccc(N2CCN(CC)CC2)c(NC(=O)COc2ccccc2Cl)c1. The summed E-state index contributed by atoms with van der Waals surface area (Å²) in [5.41, 5.74) is 1.82. The Balaban J connectivity index is 1.76. The minimum Gasteiger partial charge on any atom is -0.482 e. The first-order chi connectivity index (χ1) is 15.0. The van der Waals surface area contributed by atoms with E-state index in [4.69, 9.17) is 21.1 Å². The summed E-state index contributed by atoms with van der Waals surface area (Å²) in [5.74, 6) is -0.322. The zero-order valence-corrected chi connectivity index (χ0v) is 18.7. The standard InChI is InChI=1S/C23H28ClN3O4/c1-3-26-11-13-27(14-12-26)20-10-9-17(23(29)30-4-2)15-19(20)25-22(28)16-31-21-8-6-5-7-18(21)24/h5-10,15H,3-4,11-14,16H2,1-2H3,(H,25,28). The van der Waals surface area contributed by atoms with E-state index in [0.717, 1.165) is 38.4 Å². The molecule has 1 amide bonds. The molecule has 8 heteroatoms. The molecule has 0 atom stereocenters. The molecule has 1 saturated heterocycles. The number of piperazine rings is 1. The summed E-state index contributed by atoms with van der Waals surface area (Å²) in [5, 5.41) is 3.33. The highest BCUT2D eigenvalue weighted by atomic mass is 35.5. The third-order valence-corrected chi connectivity index (χ3v) is 5.45. The Morgan fingerprint density at radius 2 is 1.81 bits per heavy atom. The highest BCUT2D eigenvalue weighted by molar-refractivity contribution is 6.32. The number of nitrogens with one attached hydrogen (secondary N) is 1. The fourth-order valence-electron chi connectivity index (χ4n) is 3.45. The van der Waals surface area contributed by atoms with Gasteiger partial charge in [-0.1, -0.05) is 30.7 Å². The summed E-state index contributed by atoms with van der Waals surface area (Å²) in [7, 11) is 0. The largest absolute Gasteiger partial charge is 0.482 e. The molecule has 3 rings (SSSR count). The lowest BCUT2D eigenvalue weighted by molar-refractivity contribution is -0.118. The summed E-state index contributed by atoms with van der Waals surface area (Å²) in [6.07, 6.45) is 0. The smallest absolute Gasteiger partial charge is 0.338 e. The summed E-state index contributed by atoms with van der Waals surface area (Å²) < 4.78 is 10.7. The van der Waals surface area contributed by atoms with Crippen molar-refractivity contribution in [3.05, 3.63) is 53.1 Å². The fourth-order valence-corrected chi connectivity index (χ4v) is 3.64. The first-order valence-corrected chi connectivity index (χ1v) is 10.8. The molecule has 0 aromatic heterocycles. The van der Waals surface area contributed by atoms with Crippen LogP contribution in [-0.4, -0.2) is 62.7 Å². The maximum Gasteiger partial charge on any atom is 0.338 e. The van der Waals surface area contributed by atoms with Crippen molar-refractivity contribution in [3.8, 4) is 5.75 Å². The topological polar surface area (TPSA) is 71.1 Å². The Morgan fingerprint density at radius 1 is 1.06 bits per heavy atom. The number of hydrogen-bond donors (Lipinski definition) is 1. The van der Waals surface area contributed by atoms with Crippen LogP contribution in [0.3, 0.4) is 0 Å². The Morgan fingerprint density at radius 3 is 2.48 bits per heavy atom. The number of halogens is 1. The van der Waals surface area contributed by atoms with Crippen LogP contribution in [0.1, 0.15) is 24.2 Å². The van der Waals surface area contributed by atoms with Crippen LogP contribution in [0.2, 0.25) is 5.02 Å². The monoisotopic (exact) mass is 445 g/mol. The molecular weight excluding hydrogens is 418 g/mol. The van der Waals surface area contributed by atoms with E-state index in [-0.39, 0.29) is 19.1 Å². The van der Waals surface area contributed by atoms with Gasteiger partial charge in [-0.05, 0) is 43.8 Å². The number of esters is 1. The molecular formula is C23H28ClN3O4. The van der Waals surface area contributed by atoms with E-state index >= 15 is 0 Å². The van der Waals surface area contributed by atoms with Crippen molar-refractivity contribution in [2.24, 2.45) is 0 Å². The molecule has 0 spiro atoms. The van der Waals surface area contributed by atoms with Crippen LogP contribution in [0.25, 0.3) is 0 Å². The Kier molecular flexibility index (Phi) is 8.14. The lowest BCUT2D eigenvalue weighted by Crippen LogP contribution is -2.46. The number of carbonyl (C=O) groups excluding carboxylic acids is 2. The van der Waals surface area contributed by atoms with Crippen LogP contribution < -0.4 is 15.0 Å². The number of likely N-dealkylation sites (N-methyl/N-ethyl adjacent to an activating group) is 1. The highest BCUT2D eigenvalue weighted by Gasteiger charge is 2.21. The van der Waals surface area contributed by atoms with Gasteiger partial charge in [-0.25, -0.2) is 4.79 Å². The van der Waals surface area contributed by atoms with Gasteiger partial charge in [0.1, 0.15) is 5.75 Å². The third kappa shape index (κ3) is 6.12. The minimum absolute atomic E-state index is 0.198. The van der Waals surface area contributed by atoms with Gasteiger partial charge in [0.25, 0.3) is 5.91 Å². The van der Waals surface area contributed by atoms with Gasteiger partial charge in [-0.2, -0.15) is 0 Å². The van der Waals surface area contributed by atoms with Crippen molar-refractivity contribution in [1.29, 1.82) is 0 Å². The van der Waals surface area contributed by atoms with Gasteiger partial charge in [0.2, 0.25) is 0 Å². The third-order valence-electron chi connectivity index (χ3n) is 5.14. The maximum atomic E-state index is 12.6. The molecule has 1 aliphatic heterocycles. The van der Waals surface area contributed by atoms with Gasteiger partial charge in [0.15, 0.2) is 6.61 Å². The molecule has 2 aromatic rings. The van der Waals surface area contributed by atoms with Crippen LogP contribution in [-0.2, 0) is 9.53 Å². The van der Waals surface area contributed by atoms with Crippen LogP contribution in [0.5, 0.6) is 5.75 Å². The van der Waals surface area contributed by atoms with Gasteiger partial charge in [-0.3, -0.25) is 4.79 Å². The Labute approximate surface area is 187 Å². The normalized spacial score (nSPS) is 14.2. The van der Waals surface area contributed by atoms with Crippen molar-refractivity contribution in [3.63, 3.8) is 0 Å². The number of anilines is 2. The molecule has 166 valence electrons. The number of carbonyl (C=O) groups is 2. The van der Waals surface area contributed by atoms with Crippen LogP contribution in [0.4, 0.5) is 11.4 Å². The number of nitrogens with zero attached hydrogens (tertiary/aromatic N) is 2. The number of ether oxygens (including phenoxy) is 2. The minimum atomic E-state index is -0.423. The second-order valence-corrected chi connectivity index (χ2v) is 7.55. The first-order valence-electron chi connectivity index (χ1n) is 10.5. The fraction of sp³-hybridized carbons (Fsp3) is 0.391. The zero-order chi connectivity index (χ0) is 22.2. The van der Waals surface area contributed by atoms with Gasteiger partial charge in [0, 0.05) is 26.2 Å². The molecule has 0 unspecified atom stereocenters.